The number of fused-ring (bicyclic) bond motifs is 1. The zero-order valence-electron chi connectivity index (χ0n) is 13.2. The minimum atomic E-state index is 0.438. The number of anilines is 2. The highest BCUT2D eigenvalue weighted by atomic mass is 35.5. The minimum Gasteiger partial charge on any atom is -0.339 e. The predicted octanol–water partition coefficient (Wildman–Crippen LogP) is 4.74. The van der Waals surface area contributed by atoms with E-state index >= 15 is 0 Å². The van der Waals surface area contributed by atoms with Crippen LogP contribution in [-0.2, 0) is 0 Å². The molecular weight excluding hydrogens is 371 g/mol. The Morgan fingerprint density at radius 3 is 2.73 bits per heavy atom. The van der Waals surface area contributed by atoms with Gasteiger partial charge in [-0.05, 0) is 36.4 Å². The Hall–Kier alpha value is -3.14. The summed E-state index contributed by atoms with van der Waals surface area (Å²) in [6.45, 7) is 0. The molecule has 0 saturated heterocycles. The number of nitriles is 1. The van der Waals surface area contributed by atoms with E-state index in [4.69, 9.17) is 28.5 Å². The molecule has 8 heteroatoms. The van der Waals surface area contributed by atoms with Crippen molar-refractivity contribution in [3.63, 3.8) is 0 Å². The number of nitrogens with one attached hydrogen (secondary N) is 1. The van der Waals surface area contributed by atoms with E-state index < -0.39 is 0 Å². The van der Waals surface area contributed by atoms with Crippen molar-refractivity contribution in [2.75, 3.05) is 5.32 Å². The number of hydrogen-bond acceptors (Lipinski definition) is 5. The van der Waals surface area contributed by atoms with E-state index in [9.17, 15) is 0 Å². The summed E-state index contributed by atoms with van der Waals surface area (Å²) in [5.41, 5.74) is 2.68. The fraction of sp³-hybridized carbons (Fsp3) is 0. The zero-order valence-corrected chi connectivity index (χ0v) is 14.7. The third-order valence-corrected chi connectivity index (χ3v) is 4.51. The van der Waals surface area contributed by atoms with Gasteiger partial charge in [0, 0.05) is 5.69 Å². The van der Waals surface area contributed by atoms with E-state index in [2.05, 4.69) is 26.5 Å². The van der Waals surface area contributed by atoms with E-state index in [1.54, 1.807) is 41.2 Å². The van der Waals surface area contributed by atoms with Crippen molar-refractivity contribution in [3.8, 4) is 11.8 Å². The average molecular weight is 381 g/mol. The van der Waals surface area contributed by atoms with Gasteiger partial charge < -0.3 is 5.32 Å². The van der Waals surface area contributed by atoms with Gasteiger partial charge in [-0.2, -0.15) is 10.4 Å². The summed E-state index contributed by atoms with van der Waals surface area (Å²) in [6, 6.07) is 14.5. The first-order valence-electron chi connectivity index (χ1n) is 7.57. The molecule has 0 aliphatic rings. The number of halogens is 2. The smallest absolute Gasteiger partial charge is 0.168 e. The van der Waals surface area contributed by atoms with Crippen molar-refractivity contribution in [2.45, 2.75) is 0 Å². The van der Waals surface area contributed by atoms with E-state index in [-0.39, 0.29) is 0 Å². The summed E-state index contributed by atoms with van der Waals surface area (Å²) >= 11 is 12.1. The Kier molecular flexibility index (Phi) is 4.17. The molecule has 0 amide bonds. The normalized spacial score (nSPS) is 10.7. The first-order chi connectivity index (χ1) is 12.7. The molecule has 4 aromatic rings. The molecule has 126 valence electrons. The summed E-state index contributed by atoms with van der Waals surface area (Å²) in [4.78, 5) is 8.62. The Labute approximate surface area is 158 Å². The Morgan fingerprint density at radius 2 is 1.92 bits per heavy atom. The standard InChI is InChI=1S/C18H10Cl2N6/c19-15-5-4-13(7-16(15)20)26-18-14(9-24-26)17(22-10-23-18)25-12-3-1-2-11(6-12)8-21/h1-7,9-10H,(H,22,23,25). The van der Waals surface area contributed by atoms with Gasteiger partial charge >= 0.3 is 0 Å². The molecule has 0 saturated carbocycles. The van der Waals surface area contributed by atoms with E-state index in [0.717, 1.165) is 16.8 Å². The average Bonchev–Trinajstić information content (AvgIpc) is 3.09. The molecule has 0 aliphatic heterocycles. The maximum absolute atomic E-state index is 9.03. The Bertz CT molecular complexity index is 1160. The first-order valence-corrected chi connectivity index (χ1v) is 8.32. The van der Waals surface area contributed by atoms with Crippen LogP contribution in [0.3, 0.4) is 0 Å². The summed E-state index contributed by atoms with van der Waals surface area (Å²) in [5, 5.41) is 18.3. The SMILES string of the molecule is N#Cc1cccc(Nc2ncnc3c2cnn3-c2ccc(Cl)c(Cl)c2)c1. The molecule has 0 unspecified atom stereocenters. The third-order valence-electron chi connectivity index (χ3n) is 3.77. The van der Waals surface area contributed by atoms with Crippen LogP contribution in [0.1, 0.15) is 5.56 Å². The minimum absolute atomic E-state index is 0.438. The van der Waals surface area contributed by atoms with Gasteiger partial charge in [-0.25, -0.2) is 14.6 Å². The highest BCUT2D eigenvalue weighted by molar-refractivity contribution is 6.42. The highest BCUT2D eigenvalue weighted by Gasteiger charge is 2.12. The highest BCUT2D eigenvalue weighted by Crippen LogP contribution is 2.28. The van der Waals surface area contributed by atoms with Gasteiger partial charge in [0.05, 0.1) is 38.9 Å². The molecule has 4 rings (SSSR count). The molecule has 0 bridgehead atoms. The van der Waals surface area contributed by atoms with Crippen molar-refractivity contribution in [3.05, 3.63) is 70.6 Å². The van der Waals surface area contributed by atoms with Crippen LogP contribution >= 0.6 is 23.2 Å². The van der Waals surface area contributed by atoms with Gasteiger partial charge in [0.15, 0.2) is 5.65 Å². The van der Waals surface area contributed by atoms with Crippen molar-refractivity contribution in [1.82, 2.24) is 19.7 Å². The maximum atomic E-state index is 9.03. The fourth-order valence-corrected chi connectivity index (χ4v) is 2.84. The molecule has 2 aromatic carbocycles. The lowest BCUT2D eigenvalue weighted by atomic mass is 10.2. The molecule has 0 radical (unpaired) electrons. The summed E-state index contributed by atoms with van der Waals surface area (Å²) in [7, 11) is 0. The summed E-state index contributed by atoms with van der Waals surface area (Å²) in [5.74, 6) is 0.594. The zero-order chi connectivity index (χ0) is 18.1. The molecule has 6 nitrogen and oxygen atoms in total. The van der Waals surface area contributed by atoms with Crippen LogP contribution in [-0.4, -0.2) is 19.7 Å². The van der Waals surface area contributed by atoms with E-state index in [1.807, 2.05) is 12.1 Å². The quantitative estimate of drug-likeness (QED) is 0.555. The third kappa shape index (κ3) is 2.94. The predicted molar refractivity (Wildman–Crippen MR) is 101 cm³/mol. The van der Waals surface area contributed by atoms with Gasteiger partial charge in [0.25, 0.3) is 0 Å². The lowest BCUT2D eigenvalue weighted by Gasteiger charge is -2.07. The molecule has 26 heavy (non-hydrogen) atoms. The Balaban J connectivity index is 1.77. The first kappa shape index (κ1) is 16.3. The topological polar surface area (TPSA) is 79.4 Å². The molecule has 0 spiro atoms. The molecule has 1 N–H and O–H groups in total. The molecule has 0 aliphatic carbocycles. The molecule has 2 heterocycles. The van der Waals surface area contributed by atoms with Crippen LogP contribution in [0, 0.1) is 11.3 Å². The van der Waals surface area contributed by atoms with Crippen LogP contribution in [0.15, 0.2) is 55.0 Å². The van der Waals surface area contributed by atoms with Gasteiger partial charge in [-0.1, -0.05) is 29.3 Å². The molecular formula is C18H10Cl2N6. The second-order valence-corrected chi connectivity index (χ2v) is 6.25. The number of hydrogen-bond donors (Lipinski definition) is 1. The van der Waals surface area contributed by atoms with Crippen LogP contribution < -0.4 is 5.32 Å². The molecule has 0 fully saturated rings. The van der Waals surface area contributed by atoms with Gasteiger partial charge in [0.1, 0.15) is 12.1 Å². The number of benzene rings is 2. The van der Waals surface area contributed by atoms with Crippen molar-refractivity contribution < 1.29 is 0 Å². The fourth-order valence-electron chi connectivity index (χ4n) is 2.55. The monoisotopic (exact) mass is 380 g/mol. The summed E-state index contributed by atoms with van der Waals surface area (Å²) < 4.78 is 1.66. The van der Waals surface area contributed by atoms with Crippen molar-refractivity contribution in [1.29, 1.82) is 5.26 Å². The lowest BCUT2D eigenvalue weighted by Crippen LogP contribution is -1.99. The van der Waals surface area contributed by atoms with Crippen LogP contribution in [0.2, 0.25) is 10.0 Å². The second kappa shape index (κ2) is 6.64. The van der Waals surface area contributed by atoms with Crippen molar-refractivity contribution >= 4 is 45.7 Å². The van der Waals surface area contributed by atoms with Crippen LogP contribution in [0.4, 0.5) is 11.5 Å². The van der Waals surface area contributed by atoms with Gasteiger partial charge in [-0.15, -0.1) is 0 Å². The number of aromatic nitrogens is 4. The second-order valence-electron chi connectivity index (χ2n) is 5.43. The molecule has 2 aromatic heterocycles. The number of nitrogens with zero attached hydrogens (tertiary/aromatic N) is 5. The van der Waals surface area contributed by atoms with E-state index in [0.29, 0.717) is 27.1 Å². The lowest BCUT2D eigenvalue weighted by molar-refractivity contribution is 0.895. The number of rotatable bonds is 3. The van der Waals surface area contributed by atoms with Gasteiger partial charge in [0.2, 0.25) is 0 Å². The van der Waals surface area contributed by atoms with Crippen LogP contribution in [0.25, 0.3) is 16.7 Å². The van der Waals surface area contributed by atoms with Crippen molar-refractivity contribution in [2.24, 2.45) is 0 Å². The molecule has 0 atom stereocenters. The van der Waals surface area contributed by atoms with Gasteiger partial charge in [-0.3, -0.25) is 0 Å². The largest absolute Gasteiger partial charge is 0.339 e. The van der Waals surface area contributed by atoms with Crippen LogP contribution in [0.5, 0.6) is 0 Å². The summed E-state index contributed by atoms with van der Waals surface area (Å²) in [6.07, 6.45) is 3.13. The Morgan fingerprint density at radius 1 is 1.04 bits per heavy atom. The van der Waals surface area contributed by atoms with E-state index in [1.165, 1.54) is 6.33 Å². The maximum Gasteiger partial charge on any atom is 0.168 e.